The zero-order valence-corrected chi connectivity index (χ0v) is 7.39. The van der Waals surface area contributed by atoms with Gasteiger partial charge in [0.1, 0.15) is 0 Å². The zero-order chi connectivity index (χ0) is 2.00. The van der Waals surface area contributed by atoms with E-state index in [1.165, 1.54) is 0 Å². The van der Waals surface area contributed by atoms with Crippen LogP contribution in [-0.4, -0.2) is 12.2 Å². The van der Waals surface area contributed by atoms with Crippen LogP contribution in [0.5, 0.6) is 0 Å². The Morgan fingerprint density at radius 2 is 1.00 bits per heavy atom. The smallest absolute Gasteiger partial charge is 1.00 e. The van der Waals surface area contributed by atoms with Crippen LogP contribution in [0.15, 0.2) is 0 Å². The summed E-state index contributed by atoms with van der Waals surface area (Å²) in [5.74, 6) is 0. The molecule has 0 saturated carbocycles. The van der Waals surface area contributed by atoms with Gasteiger partial charge >= 0.3 is 19.5 Å². The van der Waals surface area contributed by atoms with E-state index in [0.29, 0.717) is 0 Å². The first-order valence-electron chi connectivity index (χ1n) is 0.447. The van der Waals surface area contributed by atoms with Crippen molar-refractivity contribution >= 4 is 0 Å². The predicted octanol–water partition coefficient (Wildman–Crippen LogP) is -6.39. The van der Waals surface area contributed by atoms with Gasteiger partial charge in [-0.1, -0.05) is 0 Å². The van der Waals surface area contributed by atoms with E-state index in [1.54, 1.807) is 0 Å². The fourth-order valence-electron chi connectivity index (χ4n) is 0. The molecule has 0 bridgehead atoms. The van der Waals surface area contributed by atoms with Crippen molar-refractivity contribution in [2.75, 3.05) is 7.11 Å². The van der Waals surface area contributed by atoms with Crippen molar-refractivity contribution < 1.29 is 49.4 Å². The van der Waals surface area contributed by atoms with E-state index >= 15 is 0 Å². The quantitative estimate of drug-likeness (QED) is 0.357. The minimum atomic E-state index is 0. The third-order valence-electron chi connectivity index (χ3n) is 0. The fourth-order valence-corrected chi connectivity index (χ4v) is 0. The summed E-state index contributed by atoms with van der Waals surface area (Å²) in [4.78, 5) is 0. The Kier molecular flexibility index (Phi) is 464. The van der Waals surface area contributed by atoms with Crippen molar-refractivity contribution in [3.8, 4) is 0 Å². The average Bonchev–Trinajstić information content (AvgIpc) is 1.00. The molecule has 0 amide bonds. The van der Waals surface area contributed by atoms with E-state index in [4.69, 9.17) is 5.11 Å². The second-order valence-corrected chi connectivity index (χ2v) is 0. The monoisotopic (exact) mass is 166 g/mol. The maximum atomic E-state index is 7.00. The molecule has 0 fully saturated rings. The van der Waals surface area contributed by atoms with Crippen LogP contribution in [0, 0.1) is 0 Å². The summed E-state index contributed by atoms with van der Waals surface area (Å²) in [5.41, 5.74) is 0. The maximum absolute atomic E-state index is 7.00. The summed E-state index contributed by atoms with van der Waals surface area (Å²) in [7, 11) is 1.00. The number of hydrogen-bond acceptors (Lipinski definition) is 1. The third kappa shape index (κ3) is 38.2. The molecular weight excluding hydrogens is 164 g/mol. The normalized spacial score (nSPS) is 1.20. The summed E-state index contributed by atoms with van der Waals surface area (Å²) in [6.45, 7) is 0. The van der Waals surface area contributed by atoms with Crippen molar-refractivity contribution in [3.05, 3.63) is 0 Å². The molecular formula is CH4Cl2OZn. The van der Waals surface area contributed by atoms with Gasteiger partial charge in [0.2, 0.25) is 0 Å². The Bertz CT molecular complexity index is 9.61. The van der Waals surface area contributed by atoms with Crippen LogP contribution >= 0.6 is 0 Å². The summed E-state index contributed by atoms with van der Waals surface area (Å²) in [6, 6.07) is 0. The Morgan fingerprint density at radius 1 is 1.00 bits per heavy atom. The van der Waals surface area contributed by atoms with Gasteiger partial charge in [0, 0.05) is 7.11 Å². The molecule has 5 heavy (non-hydrogen) atoms. The fraction of sp³-hybridized carbons (Fsp3) is 1.00. The van der Waals surface area contributed by atoms with Gasteiger partial charge in [-0.2, -0.15) is 0 Å². The number of aliphatic hydroxyl groups is 1. The van der Waals surface area contributed by atoms with Crippen molar-refractivity contribution in [2.24, 2.45) is 0 Å². The molecule has 0 aromatic heterocycles. The summed E-state index contributed by atoms with van der Waals surface area (Å²) in [5, 5.41) is 7.00. The molecule has 0 aromatic carbocycles. The second kappa shape index (κ2) is 66.1. The minimum absolute atomic E-state index is 0. The van der Waals surface area contributed by atoms with Crippen LogP contribution in [0.4, 0.5) is 0 Å². The molecule has 30 valence electrons. The van der Waals surface area contributed by atoms with Crippen LogP contribution in [0.1, 0.15) is 0 Å². The molecule has 1 nitrogen and oxygen atoms in total. The van der Waals surface area contributed by atoms with E-state index < -0.39 is 0 Å². The predicted molar refractivity (Wildman–Crippen MR) is 8.14 cm³/mol. The molecule has 0 heterocycles. The van der Waals surface area contributed by atoms with E-state index in [2.05, 4.69) is 0 Å². The van der Waals surface area contributed by atoms with Crippen LogP contribution in [0.3, 0.4) is 0 Å². The van der Waals surface area contributed by atoms with Gasteiger partial charge in [-0.25, -0.2) is 0 Å². The Hall–Kier alpha value is 1.16. The second-order valence-electron chi connectivity index (χ2n) is 0. The van der Waals surface area contributed by atoms with Crippen LogP contribution in [-0.2, 0) is 19.5 Å². The van der Waals surface area contributed by atoms with E-state index in [0.717, 1.165) is 7.11 Å². The van der Waals surface area contributed by atoms with Gasteiger partial charge < -0.3 is 29.9 Å². The van der Waals surface area contributed by atoms with E-state index in [1.807, 2.05) is 0 Å². The topological polar surface area (TPSA) is 20.2 Å². The molecule has 0 unspecified atom stereocenters. The van der Waals surface area contributed by atoms with Gasteiger partial charge in [0.15, 0.2) is 0 Å². The van der Waals surface area contributed by atoms with Crippen LogP contribution < -0.4 is 24.8 Å². The van der Waals surface area contributed by atoms with Crippen molar-refractivity contribution in [1.82, 2.24) is 0 Å². The largest absolute Gasteiger partial charge is 2.00 e. The molecule has 0 spiro atoms. The Morgan fingerprint density at radius 3 is 1.00 bits per heavy atom. The molecule has 0 aromatic rings. The molecule has 0 saturated heterocycles. The number of hydrogen-bond donors (Lipinski definition) is 1. The molecule has 0 atom stereocenters. The summed E-state index contributed by atoms with van der Waals surface area (Å²) < 4.78 is 0. The van der Waals surface area contributed by atoms with Crippen molar-refractivity contribution in [3.63, 3.8) is 0 Å². The first-order valence-corrected chi connectivity index (χ1v) is 0.447. The average molecular weight is 168 g/mol. The number of halogens is 2. The molecule has 1 N–H and O–H groups in total. The number of aliphatic hydroxyl groups excluding tert-OH is 1. The molecule has 0 aliphatic carbocycles. The number of rotatable bonds is 0. The molecule has 0 radical (unpaired) electrons. The SMILES string of the molecule is CO.[Cl-].[Cl-].[Zn+2]. The Balaban J connectivity index is -0.00000000167. The molecule has 0 rings (SSSR count). The van der Waals surface area contributed by atoms with E-state index in [9.17, 15) is 0 Å². The van der Waals surface area contributed by atoms with Gasteiger partial charge in [0.25, 0.3) is 0 Å². The third-order valence-corrected chi connectivity index (χ3v) is 0. The maximum Gasteiger partial charge on any atom is 2.00 e. The van der Waals surface area contributed by atoms with Gasteiger partial charge in [-0.3, -0.25) is 0 Å². The van der Waals surface area contributed by atoms with Gasteiger partial charge in [0.05, 0.1) is 0 Å². The van der Waals surface area contributed by atoms with Gasteiger partial charge in [-0.05, 0) is 0 Å². The first-order chi connectivity index (χ1) is 1.00. The minimum Gasteiger partial charge on any atom is -1.00 e. The molecule has 0 aliphatic heterocycles. The van der Waals surface area contributed by atoms with E-state index in [-0.39, 0.29) is 44.3 Å². The Labute approximate surface area is 56.7 Å². The summed E-state index contributed by atoms with van der Waals surface area (Å²) in [6.07, 6.45) is 0. The van der Waals surface area contributed by atoms with Crippen LogP contribution in [0.25, 0.3) is 0 Å². The first kappa shape index (κ1) is 35.1. The van der Waals surface area contributed by atoms with Crippen molar-refractivity contribution in [2.45, 2.75) is 0 Å². The van der Waals surface area contributed by atoms with Gasteiger partial charge in [-0.15, -0.1) is 0 Å². The van der Waals surface area contributed by atoms with Crippen LogP contribution in [0.2, 0.25) is 0 Å². The molecule has 0 aliphatic rings. The zero-order valence-electron chi connectivity index (χ0n) is 2.91. The molecule has 4 heteroatoms. The summed E-state index contributed by atoms with van der Waals surface area (Å²) >= 11 is 0. The standard InChI is InChI=1S/CH4O.2ClH.Zn/c1-2;;;/h2H,1H3;2*1H;/q;;;+2/p-2. The van der Waals surface area contributed by atoms with Crippen molar-refractivity contribution in [1.29, 1.82) is 0 Å².